The van der Waals surface area contributed by atoms with Crippen LogP contribution in [0.25, 0.3) is 0 Å². The maximum Gasteiger partial charge on any atom is 0.268 e. The van der Waals surface area contributed by atoms with Gasteiger partial charge < -0.3 is 28.8 Å². The number of phosphoric acid groups is 1. The smallest absolute Gasteiger partial charge is 0.268 e. The molecule has 8 nitrogen and oxygen atoms in total. The summed E-state index contributed by atoms with van der Waals surface area (Å²) in [4.78, 5) is 25.5. The number of carbonyl (C=O) groups is 1. The third-order valence-electron chi connectivity index (χ3n) is 14.7. The van der Waals surface area contributed by atoms with Crippen molar-refractivity contribution in [1.29, 1.82) is 0 Å². The van der Waals surface area contributed by atoms with Gasteiger partial charge in [0.15, 0.2) is 0 Å². The zero-order valence-corrected chi connectivity index (χ0v) is 49.4. The van der Waals surface area contributed by atoms with Gasteiger partial charge in [0.2, 0.25) is 5.91 Å². The number of aliphatic hydroxyl groups is 1. The van der Waals surface area contributed by atoms with Crippen molar-refractivity contribution in [3.05, 3.63) is 12.2 Å². The summed E-state index contributed by atoms with van der Waals surface area (Å²) in [6, 6.07) is -0.882. The lowest BCUT2D eigenvalue weighted by Gasteiger charge is -2.29. The van der Waals surface area contributed by atoms with E-state index >= 15 is 0 Å². The van der Waals surface area contributed by atoms with Gasteiger partial charge in [0, 0.05) is 6.42 Å². The minimum Gasteiger partial charge on any atom is -0.756 e. The molecule has 3 unspecified atom stereocenters. The van der Waals surface area contributed by atoms with Crippen LogP contribution in [0.5, 0.6) is 0 Å². The molecule has 0 aliphatic heterocycles. The summed E-state index contributed by atoms with van der Waals surface area (Å²) in [5.41, 5.74) is 0. The molecule has 9 heteroatoms. The molecule has 0 heterocycles. The molecular formula is C62H125N2O6P. The van der Waals surface area contributed by atoms with Crippen molar-refractivity contribution in [2.24, 2.45) is 0 Å². The fraction of sp³-hybridized carbons (Fsp3) is 0.952. The zero-order chi connectivity index (χ0) is 52.0. The van der Waals surface area contributed by atoms with Gasteiger partial charge in [-0.25, -0.2) is 0 Å². The van der Waals surface area contributed by atoms with Crippen LogP contribution in [0.3, 0.4) is 0 Å². The molecule has 2 N–H and O–H groups in total. The fourth-order valence-corrected chi connectivity index (χ4v) is 10.5. The molecule has 0 saturated heterocycles. The molecule has 0 rings (SSSR count). The highest BCUT2D eigenvalue weighted by Gasteiger charge is 2.23. The molecule has 0 aliphatic carbocycles. The second kappa shape index (κ2) is 54.0. The van der Waals surface area contributed by atoms with Crippen LogP contribution in [0.1, 0.15) is 328 Å². The molecule has 0 radical (unpaired) electrons. The average molecular weight is 1030 g/mol. The van der Waals surface area contributed by atoms with Gasteiger partial charge in [-0.3, -0.25) is 9.36 Å². The van der Waals surface area contributed by atoms with Crippen LogP contribution in [-0.2, 0) is 18.4 Å². The minimum absolute atomic E-state index is 0.00275. The third kappa shape index (κ3) is 56.8. The van der Waals surface area contributed by atoms with E-state index in [1.54, 1.807) is 6.08 Å². The number of nitrogens with zero attached hydrogens (tertiary/aromatic N) is 1. The van der Waals surface area contributed by atoms with Gasteiger partial charge in [-0.15, -0.1) is 0 Å². The highest BCUT2D eigenvalue weighted by Crippen LogP contribution is 2.38. The molecule has 71 heavy (non-hydrogen) atoms. The average Bonchev–Trinajstić information content (AvgIpc) is 3.33. The monoisotopic (exact) mass is 1020 g/mol. The highest BCUT2D eigenvalue weighted by atomic mass is 31.2. The molecule has 0 aliphatic rings. The lowest BCUT2D eigenvalue weighted by Crippen LogP contribution is -2.45. The first kappa shape index (κ1) is 70.2. The Morgan fingerprint density at radius 2 is 0.761 bits per heavy atom. The normalized spacial score (nSPS) is 13.8. The standard InChI is InChI=1S/C62H125N2O6P/c1-6-8-10-12-14-16-18-20-22-24-25-26-27-28-29-30-31-32-33-34-35-36-37-38-40-41-43-45-47-49-51-53-55-61(65)60(59-70-71(67,68)69-58-57-64(3,4)5)63-62(66)56-54-52-50-48-46-44-42-39-23-21-19-17-15-13-11-9-7-2/h53,55,60-61,65H,6-52,54,56-59H2,1-5H3,(H-,63,66,67,68)/b55-53+. The molecule has 424 valence electrons. The lowest BCUT2D eigenvalue weighted by molar-refractivity contribution is -0.870. The van der Waals surface area contributed by atoms with E-state index in [4.69, 9.17) is 9.05 Å². The van der Waals surface area contributed by atoms with Crippen LogP contribution < -0.4 is 10.2 Å². The number of allylic oxidation sites excluding steroid dienone is 1. The summed E-state index contributed by atoms with van der Waals surface area (Å²) in [6.07, 6.45) is 67.4. The molecule has 0 fully saturated rings. The quantitative estimate of drug-likeness (QED) is 0.0272. The van der Waals surface area contributed by atoms with E-state index in [9.17, 15) is 19.4 Å². The minimum atomic E-state index is -4.59. The van der Waals surface area contributed by atoms with Crippen molar-refractivity contribution < 1.29 is 32.9 Å². The van der Waals surface area contributed by atoms with Gasteiger partial charge >= 0.3 is 0 Å². The predicted octanol–water partition coefficient (Wildman–Crippen LogP) is 18.8. The number of hydrogen-bond acceptors (Lipinski definition) is 6. The number of likely N-dealkylation sites (N-methyl/N-ethyl adjacent to an activating group) is 1. The predicted molar refractivity (Wildman–Crippen MR) is 307 cm³/mol. The summed E-state index contributed by atoms with van der Waals surface area (Å²) in [5, 5.41) is 13.9. The van der Waals surface area contributed by atoms with Gasteiger partial charge in [0.25, 0.3) is 7.82 Å². The number of rotatable bonds is 59. The number of aliphatic hydroxyl groups excluding tert-OH is 1. The second-order valence-electron chi connectivity index (χ2n) is 23.1. The van der Waals surface area contributed by atoms with Crippen LogP contribution in [0.4, 0.5) is 0 Å². The molecule has 0 aromatic rings. The topological polar surface area (TPSA) is 108 Å². The van der Waals surface area contributed by atoms with Crippen molar-refractivity contribution in [3.63, 3.8) is 0 Å². The molecule has 0 spiro atoms. The van der Waals surface area contributed by atoms with Crippen LogP contribution in [0.2, 0.25) is 0 Å². The van der Waals surface area contributed by atoms with E-state index in [1.807, 2.05) is 27.2 Å². The summed E-state index contributed by atoms with van der Waals surface area (Å²) in [6.45, 7) is 4.71. The van der Waals surface area contributed by atoms with Gasteiger partial charge in [-0.1, -0.05) is 315 Å². The lowest BCUT2D eigenvalue weighted by atomic mass is 10.0. The molecule has 0 saturated carbocycles. The van der Waals surface area contributed by atoms with Crippen molar-refractivity contribution in [2.45, 2.75) is 341 Å². The second-order valence-corrected chi connectivity index (χ2v) is 24.5. The van der Waals surface area contributed by atoms with Gasteiger partial charge in [0.05, 0.1) is 39.9 Å². The first-order chi connectivity index (χ1) is 34.5. The number of unbranched alkanes of at least 4 members (excludes halogenated alkanes) is 46. The molecule has 0 aromatic carbocycles. The van der Waals surface area contributed by atoms with Crippen molar-refractivity contribution >= 4 is 13.7 Å². The van der Waals surface area contributed by atoms with E-state index in [-0.39, 0.29) is 19.1 Å². The van der Waals surface area contributed by atoms with E-state index in [2.05, 4.69) is 19.2 Å². The summed E-state index contributed by atoms with van der Waals surface area (Å²) in [7, 11) is 1.28. The van der Waals surface area contributed by atoms with Crippen molar-refractivity contribution in [2.75, 3.05) is 40.9 Å². The Bertz CT molecular complexity index is 1160. The van der Waals surface area contributed by atoms with Gasteiger partial charge in [0.1, 0.15) is 13.2 Å². The Morgan fingerprint density at radius 3 is 1.06 bits per heavy atom. The summed E-state index contributed by atoms with van der Waals surface area (Å²) >= 11 is 0. The number of hydrogen-bond donors (Lipinski definition) is 2. The van der Waals surface area contributed by atoms with Gasteiger partial charge in [-0.05, 0) is 19.3 Å². The Labute approximate surface area is 443 Å². The van der Waals surface area contributed by atoms with E-state index < -0.39 is 20.0 Å². The van der Waals surface area contributed by atoms with E-state index in [0.717, 1.165) is 38.5 Å². The molecule has 3 atom stereocenters. The Morgan fingerprint density at radius 1 is 0.479 bits per heavy atom. The number of carbonyl (C=O) groups excluding carboxylic acids is 1. The first-order valence-electron chi connectivity index (χ1n) is 31.6. The SMILES string of the molecule is CCCCCCCCCCCCCCCCCCCCCCCCCCCCCCCC/C=C/C(O)C(COP(=O)([O-])OCC[N+](C)(C)C)NC(=O)CCCCCCCCCCCCCCCCCCC. The number of amides is 1. The molecule has 1 amide bonds. The van der Waals surface area contributed by atoms with Crippen LogP contribution in [0.15, 0.2) is 12.2 Å². The zero-order valence-electron chi connectivity index (χ0n) is 48.5. The Balaban J connectivity index is 4.04. The highest BCUT2D eigenvalue weighted by molar-refractivity contribution is 7.45. The Kier molecular flexibility index (Phi) is 53.5. The first-order valence-corrected chi connectivity index (χ1v) is 33.0. The van der Waals surface area contributed by atoms with Gasteiger partial charge in [-0.2, -0.15) is 0 Å². The largest absolute Gasteiger partial charge is 0.756 e. The maximum absolute atomic E-state index is 13.0. The maximum atomic E-state index is 13.0. The summed E-state index contributed by atoms with van der Waals surface area (Å²) in [5.74, 6) is -0.190. The molecule has 0 bridgehead atoms. The molecule has 0 aromatic heterocycles. The van der Waals surface area contributed by atoms with E-state index in [1.165, 1.54) is 270 Å². The van der Waals surface area contributed by atoms with Crippen LogP contribution in [0, 0.1) is 0 Å². The fourth-order valence-electron chi connectivity index (χ4n) is 9.81. The third-order valence-corrected chi connectivity index (χ3v) is 15.7. The number of quaternary nitrogens is 1. The number of phosphoric ester groups is 1. The van der Waals surface area contributed by atoms with Crippen molar-refractivity contribution in [1.82, 2.24) is 5.32 Å². The van der Waals surface area contributed by atoms with Crippen LogP contribution >= 0.6 is 7.82 Å². The Hall–Kier alpha value is -0.760. The summed E-state index contributed by atoms with van der Waals surface area (Å²) < 4.78 is 23.4. The van der Waals surface area contributed by atoms with Crippen molar-refractivity contribution in [3.8, 4) is 0 Å². The number of nitrogens with one attached hydrogen (secondary N) is 1. The molecular weight excluding hydrogens is 900 g/mol. The van der Waals surface area contributed by atoms with Crippen LogP contribution in [-0.4, -0.2) is 68.5 Å². The van der Waals surface area contributed by atoms with E-state index in [0.29, 0.717) is 17.4 Å².